The minimum absolute atomic E-state index is 0.646. The van der Waals surface area contributed by atoms with Crippen LogP contribution in [-0.2, 0) is 0 Å². The summed E-state index contributed by atoms with van der Waals surface area (Å²) in [6.07, 6.45) is 15.3. The zero-order valence-corrected chi connectivity index (χ0v) is 12.7. The molecule has 1 aromatic rings. The van der Waals surface area contributed by atoms with E-state index >= 15 is 0 Å². The van der Waals surface area contributed by atoms with Crippen LogP contribution in [0.4, 0.5) is 0 Å². The van der Waals surface area contributed by atoms with E-state index in [0.29, 0.717) is 5.69 Å². The molecule has 0 saturated carbocycles. The Bertz CT molecular complexity index is 685. The molecule has 0 fully saturated rings. The van der Waals surface area contributed by atoms with E-state index in [1.54, 1.807) is 6.20 Å². The summed E-state index contributed by atoms with van der Waals surface area (Å²) < 4.78 is 0. The molecule has 1 aliphatic heterocycles. The minimum atomic E-state index is 0.646. The van der Waals surface area contributed by atoms with Crippen LogP contribution >= 0.6 is 0 Å². The Labute approximate surface area is 126 Å². The summed E-state index contributed by atoms with van der Waals surface area (Å²) in [5.74, 6) is 3.68. The largest absolute Gasteiger partial charge is 0.364 e. The Morgan fingerprint density at radius 2 is 2.19 bits per heavy atom. The second kappa shape index (κ2) is 6.15. The Kier molecular flexibility index (Phi) is 4.30. The number of aromatic nitrogens is 1. The first kappa shape index (κ1) is 14.7. The molecule has 3 heteroatoms. The average molecular weight is 277 g/mol. The van der Waals surface area contributed by atoms with Crippen molar-refractivity contribution in [1.82, 2.24) is 14.8 Å². The van der Waals surface area contributed by atoms with Crippen molar-refractivity contribution < 1.29 is 0 Å². The highest BCUT2D eigenvalue weighted by atomic mass is 15.3. The molecule has 0 radical (unpaired) electrons. The topological polar surface area (TPSA) is 19.4 Å². The van der Waals surface area contributed by atoms with Crippen molar-refractivity contribution >= 4 is 5.57 Å². The van der Waals surface area contributed by atoms with Gasteiger partial charge < -0.3 is 9.80 Å². The number of terminal acetylenes is 1. The average Bonchev–Trinajstić information content (AvgIpc) is 2.49. The van der Waals surface area contributed by atoms with Crippen LogP contribution < -0.4 is 0 Å². The maximum Gasteiger partial charge on any atom is 0.120 e. The van der Waals surface area contributed by atoms with Gasteiger partial charge in [-0.05, 0) is 37.1 Å². The van der Waals surface area contributed by atoms with Gasteiger partial charge in [-0.15, -0.1) is 6.42 Å². The number of hydrogen-bond acceptors (Lipinski definition) is 3. The Hall–Kier alpha value is -2.73. The summed E-state index contributed by atoms with van der Waals surface area (Å²) >= 11 is 0. The smallest absolute Gasteiger partial charge is 0.120 e. The van der Waals surface area contributed by atoms with E-state index in [1.165, 1.54) is 0 Å². The lowest BCUT2D eigenvalue weighted by Crippen LogP contribution is -2.27. The molecule has 0 amide bonds. The molecule has 0 N–H and O–H groups in total. The van der Waals surface area contributed by atoms with Crippen LogP contribution in [0.5, 0.6) is 0 Å². The van der Waals surface area contributed by atoms with Gasteiger partial charge in [-0.1, -0.05) is 12.7 Å². The molecular weight excluding hydrogens is 258 g/mol. The fourth-order valence-corrected chi connectivity index (χ4v) is 2.27. The van der Waals surface area contributed by atoms with Crippen molar-refractivity contribution in [1.29, 1.82) is 0 Å². The van der Waals surface area contributed by atoms with E-state index in [-0.39, 0.29) is 0 Å². The molecule has 0 bridgehead atoms. The standard InChI is InChI=1S/C18H19N3/c1-6-17-16(9-8-12-19-17)15-11-10-14(3)21(13-15)18(7-2)20(4)5/h1,7-13H,3H2,2,4-5H3/b18-7-. The molecule has 0 spiro atoms. The van der Waals surface area contributed by atoms with Crippen molar-refractivity contribution in [2.24, 2.45) is 0 Å². The zero-order valence-electron chi connectivity index (χ0n) is 12.7. The molecule has 0 saturated heterocycles. The fraction of sp³-hybridized carbons (Fsp3) is 0.167. The highest BCUT2D eigenvalue weighted by molar-refractivity contribution is 5.78. The van der Waals surface area contributed by atoms with Gasteiger partial charge in [0.15, 0.2) is 0 Å². The zero-order chi connectivity index (χ0) is 15.4. The summed E-state index contributed by atoms with van der Waals surface area (Å²) in [6.45, 7) is 6.09. The maximum atomic E-state index is 5.54. The van der Waals surface area contributed by atoms with Crippen LogP contribution in [0.2, 0.25) is 0 Å². The highest BCUT2D eigenvalue weighted by Crippen LogP contribution is 2.28. The van der Waals surface area contributed by atoms with Crippen LogP contribution in [0, 0.1) is 12.3 Å². The molecule has 2 rings (SSSR count). The van der Waals surface area contributed by atoms with Gasteiger partial charge >= 0.3 is 0 Å². The lowest BCUT2D eigenvalue weighted by molar-refractivity contribution is 0.377. The first-order valence-electron chi connectivity index (χ1n) is 6.72. The van der Waals surface area contributed by atoms with Crippen molar-refractivity contribution in [2.45, 2.75) is 6.92 Å². The van der Waals surface area contributed by atoms with Crippen LogP contribution in [0.15, 0.2) is 60.9 Å². The predicted molar refractivity (Wildman–Crippen MR) is 87.7 cm³/mol. The first-order chi connectivity index (χ1) is 10.1. The van der Waals surface area contributed by atoms with Crippen molar-refractivity contribution in [3.8, 4) is 12.3 Å². The number of hydrogen-bond donors (Lipinski definition) is 0. The van der Waals surface area contributed by atoms with Crippen LogP contribution in [-0.4, -0.2) is 28.9 Å². The van der Waals surface area contributed by atoms with Gasteiger partial charge in [-0.25, -0.2) is 4.98 Å². The molecule has 2 heterocycles. The summed E-state index contributed by atoms with van der Waals surface area (Å²) in [7, 11) is 4.01. The Morgan fingerprint density at radius 3 is 2.81 bits per heavy atom. The van der Waals surface area contributed by atoms with Crippen LogP contribution in [0.25, 0.3) is 5.57 Å². The first-order valence-corrected chi connectivity index (χ1v) is 6.72. The van der Waals surface area contributed by atoms with E-state index in [1.807, 2.05) is 67.4 Å². The van der Waals surface area contributed by atoms with E-state index in [0.717, 1.165) is 22.7 Å². The summed E-state index contributed by atoms with van der Waals surface area (Å²) in [5.41, 5.74) is 3.52. The van der Waals surface area contributed by atoms with Gasteiger partial charge in [0.25, 0.3) is 0 Å². The number of rotatable bonds is 3. The summed E-state index contributed by atoms with van der Waals surface area (Å²) in [5, 5.41) is 0. The fourth-order valence-electron chi connectivity index (χ4n) is 2.27. The summed E-state index contributed by atoms with van der Waals surface area (Å²) in [6, 6.07) is 3.87. The molecule has 0 aliphatic carbocycles. The third kappa shape index (κ3) is 2.90. The Balaban J connectivity index is 2.49. The van der Waals surface area contributed by atoms with Crippen LogP contribution in [0.3, 0.4) is 0 Å². The Morgan fingerprint density at radius 1 is 1.43 bits per heavy atom. The SMILES string of the molecule is C#Cc1ncccc1C1=CN(/C(=C\C)N(C)C)C(=C)C=C1. The second-order valence-electron chi connectivity index (χ2n) is 4.86. The lowest BCUT2D eigenvalue weighted by atomic mass is 10.0. The third-order valence-electron chi connectivity index (χ3n) is 3.25. The molecule has 21 heavy (non-hydrogen) atoms. The second-order valence-corrected chi connectivity index (χ2v) is 4.86. The third-order valence-corrected chi connectivity index (χ3v) is 3.25. The van der Waals surface area contributed by atoms with E-state index in [9.17, 15) is 0 Å². The predicted octanol–water partition coefficient (Wildman–Crippen LogP) is 3.21. The molecule has 1 aliphatic rings. The van der Waals surface area contributed by atoms with Crippen molar-refractivity contribution in [2.75, 3.05) is 14.1 Å². The number of allylic oxidation sites excluding steroid dienone is 4. The molecule has 0 aromatic carbocycles. The maximum absolute atomic E-state index is 5.54. The molecular formula is C18H19N3. The quantitative estimate of drug-likeness (QED) is 0.791. The minimum Gasteiger partial charge on any atom is -0.364 e. The van der Waals surface area contributed by atoms with E-state index in [2.05, 4.69) is 17.5 Å². The number of pyridine rings is 1. The van der Waals surface area contributed by atoms with Gasteiger partial charge in [-0.2, -0.15) is 0 Å². The number of nitrogens with zero attached hydrogens (tertiary/aromatic N) is 3. The van der Waals surface area contributed by atoms with Crippen molar-refractivity contribution in [3.05, 3.63) is 72.1 Å². The van der Waals surface area contributed by atoms with E-state index < -0.39 is 0 Å². The molecule has 0 atom stereocenters. The highest BCUT2D eigenvalue weighted by Gasteiger charge is 2.16. The van der Waals surface area contributed by atoms with Crippen molar-refractivity contribution in [3.63, 3.8) is 0 Å². The molecule has 3 nitrogen and oxygen atoms in total. The summed E-state index contributed by atoms with van der Waals surface area (Å²) in [4.78, 5) is 8.33. The normalized spacial score (nSPS) is 14.8. The van der Waals surface area contributed by atoms with Gasteiger partial charge in [0.2, 0.25) is 0 Å². The van der Waals surface area contributed by atoms with Gasteiger partial charge in [0.1, 0.15) is 11.5 Å². The van der Waals surface area contributed by atoms with Crippen LogP contribution in [0.1, 0.15) is 18.2 Å². The molecule has 0 unspecified atom stereocenters. The monoisotopic (exact) mass is 277 g/mol. The molecule has 1 aromatic heterocycles. The van der Waals surface area contributed by atoms with E-state index in [4.69, 9.17) is 6.42 Å². The van der Waals surface area contributed by atoms with Gasteiger partial charge in [0.05, 0.1) is 0 Å². The van der Waals surface area contributed by atoms with Gasteiger partial charge in [0, 0.05) is 43.3 Å². The lowest BCUT2D eigenvalue weighted by Gasteiger charge is -2.31. The van der Waals surface area contributed by atoms with Gasteiger partial charge in [-0.3, -0.25) is 0 Å². The molecule has 106 valence electrons.